The van der Waals surface area contributed by atoms with E-state index in [9.17, 15) is 14.0 Å². The number of esters is 1. The van der Waals surface area contributed by atoms with Gasteiger partial charge in [0, 0.05) is 6.42 Å². The third-order valence-corrected chi connectivity index (χ3v) is 2.54. The van der Waals surface area contributed by atoms with Gasteiger partial charge in [-0.25, -0.2) is 4.39 Å². The lowest BCUT2D eigenvalue weighted by Gasteiger charge is -2.07. The third-order valence-electron chi connectivity index (χ3n) is 2.54. The minimum atomic E-state index is -0.944. The lowest BCUT2D eigenvalue weighted by Crippen LogP contribution is -2.19. The number of Topliss-reactive ketones (excluding diaryl/α,β-unsaturated/α-hetero) is 1. The molecule has 15 heavy (non-hydrogen) atoms. The van der Waals surface area contributed by atoms with Crippen LogP contribution in [0.2, 0.25) is 0 Å². The Balaban J connectivity index is 2.48. The number of fused-ring (bicyclic) bond motifs is 1. The number of methoxy groups -OCH3 is 1. The summed E-state index contributed by atoms with van der Waals surface area (Å²) in [6.07, 6.45) is 0.176. The summed E-state index contributed by atoms with van der Waals surface area (Å²) in [6, 6.07) is 4.04. The fourth-order valence-corrected chi connectivity index (χ4v) is 1.83. The fraction of sp³-hybridized carbons (Fsp3) is 0.273. The molecule has 0 saturated heterocycles. The molecule has 1 aromatic rings. The highest BCUT2D eigenvalue weighted by Crippen LogP contribution is 2.31. The maximum absolute atomic E-state index is 13.0. The summed E-state index contributed by atoms with van der Waals surface area (Å²) < 4.78 is 17.5. The number of hydrogen-bond donors (Lipinski definition) is 0. The van der Waals surface area contributed by atoms with Crippen LogP contribution in [0.15, 0.2) is 18.2 Å². The molecular weight excluding hydrogens is 199 g/mol. The molecule has 0 amide bonds. The molecule has 1 unspecified atom stereocenters. The number of ether oxygens (including phenoxy) is 1. The second-order valence-corrected chi connectivity index (χ2v) is 3.44. The molecule has 0 radical (unpaired) electrons. The van der Waals surface area contributed by atoms with Gasteiger partial charge in [0.25, 0.3) is 0 Å². The molecule has 0 bridgehead atoms. The topological polar surface area (TPSA) is 43.4 Å². The molecule has 3 nitrogen and oxygen atoms in total. The SMILES string of the molecule is COC(=O)C1C(=O)Cc2ccc(F)cc21. The van der Waals surface area contributed by atoms with Gasteiger partial charge in [-0.05, 0) is 23.3 Å². The van der Waals surface area contributed by atoms with Crippen molar-refractivity contribution in [2.24, 2.45) is 0 Å². The lowest BCUT2D eigenvalue weighted by molar-refractivity contribution is -0.145. The van der Waals surface area contributed by atoms with E-state index < -0.39 is 17.7 Å². The maximum atomic E-state index is 13.0. The van der Waals surface area contributed by atoms with E-state index in [2.05, 4.69) is 4.74 Å². The number of hydrogen-bond acceptors (Lipinski definition) is 3. The van der Waals surface area contributed by atoms with Crippen molar-refractivity contribution in [2.75, 3.05) is 7.11 Å². The second-order valence-electron chi connectivity index (χ2n) is 3.44. The Kier molecular flexibility index (Phi) is 2.26. The molecule has 4 heteroatoms. The number of ketones is 1. The smallest absolute Gasteiger partial charge is 0.320 e. The number of benzene rings is 1. The van der Waals surface area contributed by atoms with E-state index in [1.165, 1.54) is 25.3 Å². The second kappa shape index (κ2) is 3.46. The highest BCUT2D eigenvalue weighted by Gasteiger charge is 2.37. The molecule has 1 atom stereocenters. The van der Waals surface area contributed by atoms with E-state index in [0.29, 0.717) is 11.1 Å². The van der Waals surface area contributed by atoms with Crippen LogP contribution in [-0.4, -0.2) is 18.9 Å². The summed E-state index contributed by atoms with van der Waals surface area (Å²) in [6.45, 7) is 0. The van der Waals surface area contributed by atoms with E-state index >= 15 is 0 Å². The van der Waals surface area contributed by atoms with Gasteiger partial charge in [-0.1, -0.05) is 6.07 Å². The Morgan fingerprint density at radius 1 is 1.53 bits per heavy atom. The molecule has 0 saturated carbocycles. The molecule has 78 valence electrons. The maximum Gasteiger partial charge on any atom is 0.320 e. The van der Waals surface area contributed by atoms with Crippen LogP contribution in [0.25, 0.3) is 0 Å². The summed E-state index contributed by atoms with van der Waals surface area (Å²) >= 11 is 0. The molecule has 0 N–H and O–H groups in total. The molecule has 0 aliphatic heterocycles. The summed E-state index contributed by atoms with van der Waals surface area (Å²) in [5.74, 6) is -2.25. The first-order chi connectivity index (χ1) is 7.13. The van der Waals surface area contributed by atoms with E-state index in [-0.39, 0.29) is 12.2 Å². The predicted octanol–water partition coefficient (Wildman–Crippen LogP) is 1.21. The van der Waals surface area contributed by atoms with Crippen LogP contribution in [0, 0.1) is 5.82 Å². The average molecular weight is 208 g/mol. The number of rotatable bonds is 1. The molecule has 0 fully saturated rings. The standard InChI is InChI=1S/C11H9FO3/c1-15-11(14)10-8-5-7(12)3-2-6(8)4-9(10)13/h2-3,5,10H,4H2,1H3. The van der Waals surface area contributed by atoms with Crippen molar-refractivity contribution in [1.29, 1.82) is 0 Å². The number of carbonyl (C=O) groups is 2. The quantitative estimate of drug-likeness (QED) is 0.514. The van der Waals surface area contributed by atoms with Gasteiger partial charge in [0.2, 0.25) is 0 Å². The highest BCUT2D eigenvalue weighted by atomic mass is 19.1. The first-order valence-corrected chi connectivity index (χ1v) is 4.52. The van der Waals surface area contributed by atoms with Crippen LogP contribution in [0.5, 0.6) is 0 Å². The van der Waals surface area contributed by atoms with Crippen molar-refractivity contribution in [2.45, 2.75) is 12.3 Å². The molecule has 1 aliphatic rings. The first kappa shape index (κ1) is 9.83. The van der Waals surface area contributed by atoms with Gasteiger partial charge in [-0.3, -0.25) is 9.59 Å². The van der Waals surface area contributed by atoms with Crippen LogP contribution in [0.4, 0.5) is 4.39 Å². The zero-order chi connectivity index (χ0) is 11.0. The molecule has 2 rings (SSSR count). The molecule has 0 spiro atoms. The van der Waals surface area contributed by atoms with Gasteiger partial charge in [0.15, 0.2) is 5.78 Å². The summed E-state index contributed by atoms with van der Waals surface area (Å²) in [4.78, 5) is 22.9. The predicted molar refractivity (Wildman–Crippen MR) is 49.9 cm³/mol. The van der Waals surface area contributed by atoms with E-state index in [1.807, 2.05) is 0 Å². The summed E-state index contributed by atoms with van der Waals surface area (Å²) in [7, 11) is 1.22. The molecule has 0 heterocycles. The lowest BCUT2D eigenvalue weighted by atomic mass is 10.0. The fourth-order valence-electron chi connectivity index (χ4n) is 1.83. The Hall–Kier alpha value is -1.71. The first-order valence-electron chi connectivity index (χ1n) is 4.52. The monoisotopic (exact) mass is 208 g/mol. The van der Waals surface area contributed by atoms with Crippen molar-refractivity contribution in [3.63, 3.8) is 0 Å². The average Bonchev–Trinajstić information content (AvgIpc) is 2.52. The third kappa shape index (κ3) is 1.52. The van der Waals surface area contributed by atoms with E-state index in [4.69, 9.17) is 0 Å². The van der Waals surface area contributed by atoms with Crippen molar-refractivity contribution in [1.82, 2.24) is 0 Å². The molecule has 0 aromatic heterocycles. The van der Waals surface area contributed by atoms with Crippen LogP contribution in [0.1, 0.15) is 17.0 Å². The largest absolute Gasteiger partial charge is 0.468 e. The number of carbonyl (C=O) groups excluding carboxylic acids is 2. The van der Waals surface area contributed by atoms with Gasteiger partial charge in [-0.2, -0.15) is 0 Å². The van der Waals surface area contributed by atoms with Gasteiger partial charge >= 0.3 is 5.97 Å². The van der Waals surface area contributed by atoms with Crippen LogP contribution in [-0.2, 0) is 20.7 Å². The molecule has 1 aliphatic carbocycles. The molecular formula is C11H9FO3. The van der Waals surface area contributed by atoms with Gasteiger partial charge < -0.3 is 4.74 Å². The molecule has 1 aromatic carbocycles. The normalized spacial score (nSPS) is 18.8. The zero-order valence-corrected chi connectivity index (χ0v) is 8.12. The minimum Gasteiger partial charge on any atom is -0.468 e. The minimum absolute atomic E-state index is 0.176. The van der Waals surface area contributed by atoms with Crippen molar-refractivity contribution >= 4 is 11.8 Å². The van der Waals surface area contributed by atoms with Crippen LogP contribution in [0.3, 0.4) is 0 Å². The Labute approximate surface area is 85.9 Å². The van der Waals surface area contributed by atoms with Crippen molar-refractivity contribution in [3.8, 4) is 0 Å². The van der Waals surface area contributed by atoms with Gasteiger partial charge in [0.05, 0.1) is 7.11 Å². The van der Waals surface area contributed by atoms with E-state index in [1.54, 1.807) is 0 Å². The zero-order valence-electron chi connectivity index (χ0n) is 8.12. The summed E-state index contributed by atoms with van der Waals surface area (Å²) in [5.41, 5.74) is 1.14. The van der Waals surface area contributed by atoms with Crippen LogP contribution >= 0.6 is 0 Å². The highest BCUT2D eigenvalue weighted by molar-refractivity contribution is 6.08. The van der Waals surface area contributed by atoms with Crippen molar-refractivity contribution in [3.05, 3.63) is 35.1 Å². The van der Waals surface area contributed by atoms with Crippen molar-refractivity contribution < 1.29 is 18.7 Å². The Morgan fingerprint density at radius 2 is 2.27 bits per heavy atom. The Bertz CT molecular complexity index is 431. The Morgan fingerprint density at radius 3 is 2.93 bits per heavy atom. The van der Waals surface area contributed by atoms with Gasteiger partial charge in [-0.15, -0.1) is 0 Å². The van der Waals surface area contributed by atoms with E-state index in [0.717, 1.165) is 0 Å². The summed E-state index contributed by atoms with van der Waals surface area (Å²) in [5, 5.41) is 0. The van der Waals surface area contributed by atoms with Crippen LogP contribution < -0.4 is 0 Å². The number of halogens is 1. The van der Waals surface area contributed by atoms with Gasteiger partial charge in [0.1, 0.15) is 11.7 Å².